The molecule has 0 aromatic carbocycles. The van der Waals surface area contributed by atoms with Crippen molar-refractivity contribution in [3.8, 4) is 0 Å². The molecule has 2 heteroatoms. The van der Waals surface area contributed by atoms with Crippen LogP contribution < -0.4 is 0 Å². The number of allylic oxidation sites excluding steroid dienone is 1. The summed E-state index contributed by atoms with van der Waals surface area (Å²) < 4.78 is 2.06. The zero-order chi connectivity index (χ0) is 9.84. The standard InChI is InChI=1S/C11H18N2/c1-5-9(4)13-11(7-3)8-10(6-2)12-13/h5,8-9H,1,6-7H2,2-4H3. The fourth-order valence-electron chi connectivity index (χ4n) is 1.38. The average Bonchev–Trinajstić information content (AvgIpc) is 2.59. The van der Waals surface area contributed by atoms with Gasteiger partial charge in [0, 0.05) is 5.69 Å². The topological polar surface area (TPSA) is 17.8 Å². The molecule has 0 aliphatic rings. The van der Waals surface area contributed by atoms with Crippen LogP contribution in [0.15, 0.2) is 18.7 Å². The number of rotatable bonds is 4. The Morgan fingerprint density at radius 3 is 2.69 bits per heavy atom. The van der Waals surface area contributed by atoms with E-state index in [-0.39, 0.29) is 0 Å². The van der Waals surface area contributed by atoms with Crippen molar-refractivity contribution in [2.24, 2.45) is 0 Å². The summed E-state index contributed by atoms with van der Waals surface area (Å²) in [6.45, 7) is 10.2. The Kier molecular flexibility index (Phi) is 3.29. The van der Waals surface area contributed by atoms with Crippen LogP contribution in [0.3, 0.4) is 0 Å². The summed E-state index contributed by atoms with van der Waals surface area (Å²) in [6, 6.07) is 2.48. The summed E-state index contributed by atoms with van der Waals surface area (Å²) in [5.74, 6) is 0. The highest BCUT2D eigenvalue weighted by Crippen LogP contribution is 2.13. The predicted molar refractivity (Wildman–Crippen MR) is 55.9 cm³/mol. The summed E-state index contributed by atoms with van der Waals surface area (Å²) in [5, 5.41) is 4.52. The van der Waals surface area contributed by atoms with Crippen LogP contribution in [-0.4, -0.2) is 9.78 Å². The molecule has 1 heterocycles. The Morgan fingerprint density at radius 1 is 1.54 bits per heavy atom. The van der Waals surface area contributed by atoms with Crippen molar-refractivity contribution in [1.82, 2.24) is 9.78 Å². The molecule has 1 aromatic rings. The van der Waals surface area contributed by atoms with Crippen molar-refractivity contribution < 1.29 is 0 Å². The van der Waals surface area contributed by atoms with Gasteiger partial charge in [-0.1, -0.05) is 19.9 Å². The fourth-order valence-corrected chi connectivity index (χ4v) is 1.38. The van der Waals surface area contributed by atoms with E-state index < -0.39 is 0 Å². The quantitative estimate of drug-likeness (QED) is 0.648. The number of aromatic nitrogens is 2. The molecule has 1 aromatic heterocycles. The first-order valence-electron chi connectivity index (χ1n) is 4.92. The summed E-state index contributed by atoms with van der Waals surface area (Å²) in [6.07, 6.45) is 3.96. The molecular weight excluding hydrogens is 160 g/mol. The molecule has 0 aliphatic carbocycles. The van der Waals surface area contributed by atoms with Crippen LogP contribution in [0.1, 0.15) is 38.2 Å². The minimum Gasteiger partial charge on any atom is -0.263 e. The van der Waals surface area contributed by atoms with Crippen LogP contribution in [0.25, 0.3) is 0 Å². The molecule has 0 aliphatic heterocycles. The maximum absolute atomic E-state index is 4.52. The molecule has 0 bridgehead atoms. The van der Waals surface area contributed by atoms with Crippen molar-refractivity contribution in [3.63, 3.8) is 0 Å². The average molecular weight is 178 g/mol. The lowest BCUT2D eigenvalue weighted by atomic mass is 10.2. The highest BCUT2D eigenvalue weighted by molar-refractivity contribution is 5.12. The predicted octanol–water partition coefficient (Wildman–Crippen LogP) is 2.75. The van der Waals surface area contributed by atoms with Crippen LogP contribution >= 0.6 is 0 Å². The van der Waals surface area contributed by atoms with E-state index in [0.29, 0.717) is 6.04 Å². The number of hydrogen-bond acceptors (Lipinski definition) is 1. The van der Waals surface area contributed by atoms with Crippen molar-refractivity contribution in [3.05, 3.63) is 30.1 Å². The molecule has 0 spiro atoms. The molecule has 72 valence electrons. The van der Waals surface area contributed by atoms with Crippen LogP contribution in [-0.2, 0) is 12.8 Å². The first kappa shape index (κ1) is 10.0. The lowest BCUT2D eigenvalue weighted by Gasteiger charge is -2.09. The molecule has 0 radical (unpaired) electrons. The summed E-state index contributed by atoms with van der Waals surface area (Å²) >= 11 is 0. The highest BCUT2D eigenvalue weighted by Gasteiger charge is 2.08. The van der Waals surface area contributed by atoms with E-state index in [1.54, 1.807) is 0 Å². The molecule has 0 N–H and O–H groups in total. The van der Waals surface area contributed by atoms with E-state index in [9.17, 15) is 0 Å². The molecule has 1 rings (SSSR count). The molecule has 0 saturated carbocycles. The van der Waals surface area contributed by atoms with E-state index in [1.165, 1.54) is 11.4 Å². The largest absolute Gasteiger partial charge is 0.263 e. The molecule has 1 unspecified atom stereocenters. The molecular formula is C11H18N2. The van der Waals surface area contributed by atoms with E-state index in [0.717, 1.165) is 12.8 Å². The van der Waals surface area contributed by atoms with E-state index in [4.69, 9.17) is 0 Å². The highest BCUT2D eigenvalue weighted by atomic mass is 15.3. The molecule has 13 heavy (non-hydrogen) atoms. The minimum absolute atomic E-state index is 0.301. The number of aryl methyl sites for hydroxylation is 2. The van der Waals surface area contributed by atoms with E-state index in [2.05, 4.69) is 43.2 Å². The second-order valence-electron chi connectivity index (χ2n) is 3.25. The van der Waals surface area contributed by atoms with Gasteiger partial charge in [0.05, 0.1) is 11.7 Å². The normalized spacial score (nSPS) is 12.8. The van der Waals surface area contributed by atoms with Gasteiger partial charge in [-0.05, 0) is 25.8 Å². The Hall–Kier alpha value is -1.05. The van der Waals surface area contributed by atoms with Crippen molar-refractivity contribution >= 4 is 0 Å². The Balaban J connectivity index is 3.03. The Labute approximate surface area is 80.3 Å². The fraction of sp³-hybridized carbons (Fsp3) is 0.545. The van der Waals surface area contributed by atoms with Gasteiger partial charge in [0.1, 0.15) is 0 Å². The SMILES string of the molecule is C=CC(C)n1nc(CC)cc1CC. The third-order valence-electron chi connectivity index (χ3n) is 2.32. The van der Waals surface area contributed by atoms with Gasteiger partial charge in [-0.25, -0.2) is 0 Å². The first-order valence-corrected chi connectivity index (χ1v) is 4.92. The minimum atomic E-state index is 0.301. The van der Waals surface area contributed by atoms with Crippen molar-refractivity contribution in [2.45, 2.75) is 39.7 Å². The van der Waals surface area contributed by atoms with Crippen molar-refractivity contribution in [1.29, 1.82) is 0 Å². The lowest BCUT2D eigenvalue weighted by Crippen LogP contribution is -2.07. The van der Waals surface area contributed by atoms with Gasteiger partial charge in [-0.2, -0.15) is 5.10 Å². The third kappa shape index (κ3) is 2.00. The van der Waals surface area contributed by atoms with E-state index >= 15 is 0 Å². The summed E-state index contributed by atoms with van der Waals surface area (Å²) in [7, 11) is 0. The second-order valence-corrected chi connectivity index (χ2v) is 3.25. The van der Waals surface area contributed by atoms with Crippen molar-refractivity contribution in [2.75, 3.05) is 0 Å². The van der Waals surface area contributed by atoms with Gasteiger partial charge in [0.15, 0.2) is 0 Å². The zero-order valence-electron chi connectivity index (χ0n) is 8.75. The molecule has 1 atom stereocenters. The monoisotopic (exact) mass is 178 g/mol. The first-order chi connectivity index (χ1) is 6.22. The Bertz CT molecular complexity index is 286. The molecule has 0 fully saturated rings. The molecule has 0 amide bonds. The number of hydrogen-bond donors (Lipinski definition) is 0. The van der Waals surface area contributed by atoms with Crippen LogP contribution in [0, 0.1) is 0 Å². The van der Waals surface area contributed by atoms with Crippen LogP contribution in [0.2, 0.25) is 0 Å². The maximum Gasteiger partial charge on any atom is 0.0671 e. The van der Waals surface area contributed by atoms with Gasteiger partial charge in [0.2, 0.25) is 0 Å². The molecule has 2 nitrogen and oxygen atoms in total. The zero-order valence-corrected chi connectivity index (χ0v) is 8.75. The van der Waals surface area contributed by atoms with Crippen LogP contribution in [0.4, 0.5) is 0 Å². The second kappa shape index (κ2) is 4.26. The van der Waals surface area contributed by atoms with E-state index in [1.807, 2.05) is 6.08 Å². The lowest BCUT2D eigenvalue weighted by molar-refractivity contribution is 0.550. The van der Waals surface area contributed by atoms with Gasteiger partial charge >= 0.3 is 0 Å². The smallest absolute Gasteiger partial charge is 0.0671 e. The van der Waals surface area contributed by atoms with Gasteiger partial charge < -0.3 is 0 Å². The number of nitrogens with zero attached hydrogens (tertiary/aromatic N) is 2. The van der Waals surface area contributed by atoms with Gasteiger partial charge in [0.25, 0.3) is 0 Å². The third-order valence-corrected chi connectivity index (χ3v) is 2.32. The van der Waals surface area contributed by atoms with Gasteiger partial charge in [-0.3, -0.25) is 4.68 Å². The van der Waals surface area contributed by atoms with Gasteiger partial charge in [-0.15, -0.1) is 6.58 Å². The maximum atomic E-state index is 4.52. The summed E-state index contributed by atoms with van der Waals surface area (Å²) in [5.41, 5.74) is 2.47. The van der Waals surface area contributed by atoms with Crippen LogP contribution in [0.5, 0.6) is 0 Å². The molecule has 0 saturated heterocycles. The summed E-state index contributed by atoms with van der Waals surface area (Å²) in [4.78, 5) is 0. The Morgan fingerprint density at radius 2 is 2.23 bits per heavy atom.